The molecule has 0 bridgehead atoms. The number of likely N-dealkylation sites (tertiary alicyclic amines) is 1. The lowest BCUT2D eigenvalue weighted by Gasteiger charge is -2.39. The Labute approximate surface area is 157 Å². The van der Waals surface area contributed by atoms with Crippen LogP contribution in [0.1, 0.15) is 23.2 Å². The highest BCUT2D eigenvalue weighted by Crippen LogP contribution is 2.31. The standard InChI is InChI=1S/C20H20ClNO4/c21-15-2-1-3-17(8-15)26-19-10-22(11-19)20(24)14-6-16(23)9-18(7-14)25-12-13-4-5-13/h1-3,6-9,13,19,23H,4-5,10-12H2. The van der Waals surface area contributed by atoms with E-state index in [0.717, 1.165) is 0 Å². The highest BCUT2D eigenvalue weighted by atomic mass is 35.5. The van der Waals surface area contributed by atoms with Crippen LogP contribution in [0.2, 0.25) is 5.02 Å². The van der Waals surface area contributed by atoms with Gasteiger partial charge in [0.05, 0.1) is 19.7 Å². The maximum Gasteiger partial charge on any atom is 0.254 e. The number of phenolic OH excluding ortho intramolecular Hbond substituents is 1. The van der Waals surface area contributed by atoms with E-state index in [1.54, 1.807) is 29.2 Å². The molecule has 0 atom stereocenters. The van der Waals surface area contributed by atoms with Crippen LogP contribution in [-0.2, 0) is 0 Å². The molecule has 0 aromatic heterocycles. The van der Waals surface area contributed by atoms with Crippen LogP contribution >= 0.6 is 11.6 Å². The van der Waals surface area contributed by atoms with Gasteiger partial charge in [-0.05, 0) is 49.1 Å². The zero-order chi connectivity index (χ0) is 18.1. The fraction of sp³-hybridized carbons (Fsp3) is 0.350. The number of phenols is 1. The molecule has 6 heteroatoms. The second kappa shape index (κ2) is 7.08. The third-order valence-electron chi connectivity index (χ3n) is 4.55. The van der Waals surface area contributed by atoms with Gasteiger partial charge in [-0.2, -0.15) is 0 Å². The third kappa shape index (κ3) is 4.05. The Bertz CT molecular complexity index is 815. The largest absolute Gasteiger partial charge is 0.508 e. The number of halogens is 1. The molecule has 136 valence electrons. The molecular weight excluding hydrogens is 354 g/mol. The van der Waals surface area contributed by atoms with Crippen molar-refractivity contribution in [2.45, 2.75) is 18.9 Å². The summed E-state index contributed by atoms with van der Waals surface area (Å²) in [6, 6.07) is 11.9. The van der Waals surface area contributed by atoms with E-state index < -0.39 is 0 Å². The van der Waals surface area contributed by atoms with E-state index in [1.807, 2.05) is 12.1 Å². The maximum absolute atomic E-state index is 12.6. The summed E-state index contributed by atoms with van der Waals surface area (Å²) < 4.78 is 11.5. The van der Waals surface area contributed by atoms with Gasteiger partial charge in [0.15, 0.2) is 0 Å². The number of carbonyl (C=O) groups is 1. The van der Waals surface area contributed by atoms with Gasteiger partial charge in [-0.15, -0.1) is 0 Å². The van der Waals surface area contributed by atoms with Gasteiger partial charge in [0.25, 0.3) is 5.91 Å². The lowest BCUT2D eigenvalue weighted by atomic mass is 10.1. The van der Waals surface area contributed by atoms with Crippen LogP contribution in [0.25, 0.3) is 0 Å². The van der Waals surface area contributed by atoms with Crippen LogP contribution in [-0.4, -0.2) is 41.7 Å². The first kappa shape index (κ1) is 17.0. The molecule has 5 nitrogen and oxygen atoms in total. The molecule has 1 saturated carbocycles. The van der Waals surface area contributed by atoms with E-state index >= 15 is 0 Å². The molecule has 1 heterocycles. The number of hydrogen-bond donors (Lipinski definition) is 1. The van der Waals surface area contributed by atoms with E-state index in [1.165, 1.54) is 18.9 Å². The molecule has 2 aliphatic rings. The van der Waals surface area contributed by atoms with Gasteiger partial charge in [0.1, 0.15) is 23.4 Å². The minimum absolute atomic E-state index is 0.0360. The maximum atomic E-state index is 12.6. The van der Waals surface area contributed by atoms with Crippen LogP contribution in [0.3, 0.4) is 0 Å². The molecule has 1 N–H and O–H groups in total. The summed E-state index contributed by atoms with van der Waals surface area (Å²) in [4.78, 5) is 14.3. The second-order valence-corrected chi connectivity index (χ2v) is 7.31. The van der Waals surface area contributed by atoms with Crippen molar-refractivity contribution in [2.75, 3.05) is 19.7 Å². The van der Waals surface area contributed by atoms with E-state index in [0.29, 0.717) is 47.7 Å². The van der Waals surface area contributed by atoms with Crippen molar-refractivity contribution >= 4 is 17.5 Å². The first-order valence-electron chi connectivity index (χ1n) is 8.75. The van der Waals surface area contributed by atoms with E-state index in [-0.39, 0.29) is 17.8 Å². The average molecular weight is 374 g/mol. The number of carbonyl (C=O) groups excluding carboxylic acids is 1. The summed E-state index contributed by atoms with van der Waals surface area (Å²) >= 11 is 5.95. The summed E-state index contributed by atoms with van der Waals surface area (Å²) in [7, 11) is 0. The van der Waals surface area contributed by atoms with Crippen molar-refractivity contribution in [2.24, 2.45) is 5.92 Å². The number of amides is 1. The first-order chi connectivity index (χ1) is 12.6. The van der Waals surface area contributed by atoms with Gasteiger partial charge >= 0.3 is 0 Å². The predicted molar refractivity (Wildman–Crippen MR) is 98.1 cm³/mol. The summed E-state index contributed by atoms with van der Waals surface area (Å²) in [5.74, 6) is 1.74. The van der Waals surface area contributed by atoms with Crippen LogP contribution in [0.4, 0.5) is 0 Å². The molecule has 2 aromatic carbocycles. The molecule has 26 heavy (non-hydrogen) atoms. The van der Waals surface area contributed by atoms with E-state index in [2.05, 4.69) is 0 Å². The molecule has 1 saturated heterocycles. The van der Waals surface area contributed by atoms with Crippen molar-refractivity contribution < 1.29 is 19.4 Å². The van der Waals surface area contributed by atoms with Crippen LogP contribution in [0.5, 0.6) is 17.2 Å². The van der Waals surface area contributed by atoms with Gasteiger partial charge in [0.2, 0.25) is 0 Å². The minimum Gasteiger partial charge on any atom is -0.508 e. The average Bonchev–Trinajstić information content (AvgIpc) is 3.39. The molecule has 4 rings (SSSR count). The highest BCUT2D eigenvalue weighted by molar-refractivity contribution is 6.30. The fourth-order valence-corrected chi connectivity index (χ4v) is 3.06. The second-order valence-electron chi connectivity index (χ2n) is 6.88. The van der Waals surface area contributed by atoms with Crippen LogP contribution in [0, 0.1) is 5.92 Å². The van der Waals surface area contributed by atoms with Crippen molar-refractivity contribution in [3.63, 3.8) is 0 Å². The molecular formula is C20H20ClNO4. The van der Waals surface area contributed by atoms with Gasteiger partial charge in [-0.3, -0.25) is 4.79 Å². The smallest absolute Gasteiger partial charge is 0.254 e. The molecule has 1 aliphatic heterocycles. The van der Waals surface area contributed by atoms with Crippen molar-refractivity contribution in [1.29, 1.82) is 0 Å². The number of aromatic hydroxyl groups is 1. The third-order valence-corrected chi connectivity index (χ3v) is 4.79. The highest BCUT2D eigenvalue weighted by Gasteiger charge is 2.33. The van der Waals surface area contributed by atoms with E-state index in [9.17, 15) is 9.90 Å². The summed E-state index contributed by atoms with van der Waals surface area (Å²) in [6.45, 7) is 1.63. The summed E-state index contributed by atoms with van der Waals surface area (Å²) in [5, 5.41) is 10.5. The predicted octanol–water partition coefficient (Wildman–Crippen LogP) is 3.74. The Morgan fingerprint density at radius 1 is 1.15 bits per heavy atom. The Hall–Kier alpha value is -2.40. The number of hydrogen-bond acceptors (Lipinski definition) is 4. The van der Waals surface area contributed by atoms with Gasteiger partial charge < -0.3 is 19.5 Å². The number of nitrogens with zero attached hydrogens (tertiary/aromatic N) is 1. The summed E-state index contributed by atoms with van der Waals surface area (Å²) in [6.07, 6.45) is 2.32. The Morgan fingerprint density at radius 3 is 2.69 bits per heavy atom. The molecule has 2 fully saturated rings. The fourth-order valence-electron chi connectivity index (χ4n) is 2.88. The molecule has 1 amide bonds. The zero-order valence-electron chi connectivity index (χ0n) is 14.2. The molecule has 0 unspecified atom stereocenters. The quantitative estimate of drug-likeness (QED) is 0.838. The van der Waals surface area contributed by atoms with Crippen molar-refractivity contribution in [3.05, 3.63) is 53.1 Å². The van der Waals surface area contributed by atoms with Crippen LogP contribution in [0.15, 0.2) is 42.5 Å². The molecule has 0 spiro atoms. The van der Waals surface area contributed by atoms with E-state index in [4.69, 9.17) is 21.1 Å². The first-order valence-corrected chi connectivity index (χ1v) is 9.13. The summed E-state index contributed by atoms with van der Waals surface area (Å²) in [5.41, 5.74) is 0.428. The molecule has 1 aliphatic carbocycles. The Kier molecular flexibility index (Phi) is 4.64. The lowest BCUT2D eigenvalue weighted by molar-refractivity contribution is 0.0177. The zero-order valence-corrected chi connectivity index (χ0v) is 15.0. The number of benzene rings is 2. The van der Waals surface area contributed by atoms with Crippen molar-refractivity contribution in [3.8, 4) is 17.2 Å². The van der Waals surface area contributed by atoms with Gasteiger partial charge in [-0.25, -0.2) is 0 Å². The minimum atomic E-state index is -0.136. The molecule has 0 radical (unpaired) electrons. The normalized spacial score (nSPS) is 16.9. The molecule has 2 aromatic rings. The van der Waals surface area contributed by atoms with Crippen molar-refractivity contribution in [1.82, 2.24) is 4.90 Å². The Morgan fingerprint density at radius 2 is 1.96 bits per heavy atom. The lowest BCUT2D eigenvalue weighted by Crippen LogP contribution is -2.56. The SMILES string of the molecule is O=C(c1cc(O)cc(OCC2CC2)c1)N1CC(Oc2cccc(Cl)c2)C1. The number of rotatable bonds is 6. The Balaban J connectivity index is 1.34. The van der Waals surface area contributed by atoms with Gasteiger partial charge in [-0.1, -0.05) is 17.7 Å². The monoisotopic (exact) mass is 373 g/mol. The van der Waals surface area contributed by atoms with Gasteiger partial charge in [0, 0.05) is 16.7 Å². The topological polar surface area (TPSA) is 59.0 Å². The van der Waals surface area contributed by atoms with Crippen LogP contribution < -0.4 is 9.47 Å². The number of ether oxygens (including phenoxy) is 2.